The van der Waals surface area contributed by atoms with Gasteiger partial charge in [0.2, 0.25) is 5.91 Å². The maximum absolute atomic E-state index is 11.4. The molecule has 76 valence electrons. The molecule has 0 radical (unpaired) electrons. The fourth-order valence-corrected chi connectivity index (χ4v) is 1.35. The molecule has 1 N–H and O–H groups in total. The number of hydrogen-bond acceptors (Lipinski definition) is 1. The largest absolute Gasteiger partial charge is 0.353 e. The minimum Gasteiger partial charge on any atom is -0.353 e. The van der Waals surface area contributed by atoms with Gasteiger partial charge in [-0.15, -0.1) is 23.2 Å². The summed E-state index contributed by atoms with van der Waals surface area (Å²) in [5.74, 6) is 0.183. The number of alkyl halides is 2. The highest BCUT2D eigenvalue weighted by atomic mass is 35.5. The van der Waals surface area contributed by atoms with Crippen LogP contribution in [0.4, 0.5) is 0 Å². The topological polar surface area (TPSA) is 29.1 Å². The van der Waals surface area contributed by atoms with Crippen molar-refractivity contribution in [3.05, 3.63) is 35.9 Å². The molecule has 2 nitrogen and oxygen atoms in total. The standard InChI is InChI=1S/C10H11Cl2NO/c11-6-7-13-10(14)9(12)8-4-2-1-3-5-8/h1-5,9H,6-7H2,(H,13,14). The zero-order chi connectivity index (χ0) is 10.4. The van der Waals surface area contributed by atoms with E-state index in [0.29, 0.717) is 12.4 Å². The molecular formula is C10H11Cl2NO. The van der Waals surface area contributed by atoms with Gasteiger partial charge in [-0.2, -0.15) is 0 Å². The lowest BCUT2D eigenvalue weighted by Gasteiger charge is -2.09. The molecule has 14 heavy (non-hydrogen) atoms. The van der Waals surface area contributed by atoms with E-state index in [-0.39, 0.29) is 5.91 Å². The van der Waals surface area contributed by atoms with Crippen molar-refractivity contribution in [3.63, 3.8) is 0 Å². The molecule has 0 aliphatic carbocycles. The first-order valence-corrected chi connectivity index (χ1v) is 5.25. The minimum absolute atomic E-state index is 0.210. The van der Waals surface area contributed by atoms with Crippen LogP contribution >= 0.6 is 23.2 Å². The molecule has 1 unspecified atom stereocenters. The first kappa shape index (κ1) is 11.3. The van der Waals surface area contributed by atoms with Crippen LogP contribution in [0.25, 0.3) is 0 Å². The summed E-state index contributed by atoms with van der Waals surface area (Å²) < 4.78 is 0. The van der Waals surface area contributed by atoms with Crippen LogP contribution in [0, 0.1) is 0 Å². The summed E-state index contributed by atoms with van der Waals surface area (Å²) in [6, 6.07) is 9.21. The Morgan fingerprint density at radius 1 is 1.36 bits per heavy atom. The molecular weight excluding hydrogens is 221 g/mol. The predicted octanol–water partition coefficient (Wildman–Crippen LogP) is 2.32. The van der Waals surface area contributed by atoms with Crippen LogP contribution in [0.15, 0.2) is 30.3 Å². The lowest BCUT2D eigenvalue weighted by Crippen LogP contribution is -2.28. The Hall–Kier alpha value is -0.730. The zero-order valence-corrected chi connectivity index (χ0v) is 9.05. The Morgan fingerprint density at radius 3 is 2.57 bits per heavy atom. The molecule has 0 aliphatic rings. The molecule has 1 aromatic rings. The number of rotatable bonds is 4. The Labute approximate surface area is 93.2 Å². The zero-order valence-electron chi connectivity index (χ0n) is 7.54. The van der Waals surface area contributed by atoms with Crippen molar-refractivity contribution in [2.75, 3.05) is 12.4 Å². The summed E-state index contributed by atoms with van der Waals surface area (Å²) in [5.41, 5.74) is 0.793. The molecule has 0 saturated heterocycles. The van der Waals surface area contributed by atoms with Gasteiger partial charge in [-0.05, 0) is 5.56 Å². The summed E-state index contributed by atoms with van der Waals surface area (Å²) in [7, 11) is 0. The van der Waals surface area contributed by atoms with E-state index >= 15 is 0 Å². The van der Waals surface area contributed by atoms with Crippen LogP contribution in [0.3, 0.4) is 0 Å². The smallest absolute Gasteiger partial charge is 0.242 e. The SMILES string of the molecule is O=C(NCCCl)C(Cl)c1ccccc1. The highest BCUT2D eigenvalue weighted by molar-refractivity contribution is 6.30. The molecule has 0 heterocycles. The Bertz CT molecular complexity index is 289. The van der Waals surface area contributed by atoms with Gasteiger partial charge in [0, 0.05) is 12.4 Å². The van der Waals surface area contributed by atoms with Crippen molar-refractivity contribution in [3.8, 4) is 0 Å². The van der Waals surface area contributed by atoms with E-state index in [0.717, 1.165) is 5.56 Å². The Morgan fingerprint density at radius 2 is 2.00 bits per heavy atom. The average Bonchev–Trinajstić information content (AvgIpc) is 2.26. The van der Waals surface area contributed by atoms with E-state index in [2.05, 4.69) is 5.32 Å². The van der Waals surface area contributed by atoms with Crippen LogP contribution in [-0.4, -0.2) is 18.3 Å². The van der Waals surface area contributed by atoms with Gasteiger partial charge in [-0.3, -0.25) is 4.79 Å². The molecule has 1 aromatic carbocycles. The van der Waals surface area contributed by atoms with Crippen molar-refractivity contribution < 1.29 is 4.79 Å². The lowest BCUT2D eigenvalue weighted by atomic mass is 10.1. The summed E-state index contributed by atoms with van der Waals surface area (Å²) in [5, 5.41) is 1.99. The van der Waals surface area contributed by atoms with Gasteiger partial charge in [-0.25, -0.2) is 0 Å². The molecule has 0 bridgehead atoms. The van der Waals surface area contributed by atoms with Crippen molar-refractivity contribution in [1.82, 2.24) is 5.32 Å². The number of carbonyl (C=O) groups excluding carboxylic acids is 1. The molecule has 1 atom stereocenters. The molecule has 0 spiro atoms. The van der Waals surface area contributed by atoms with Crippen LogP contribution < -0.4 is 5.32 Å². The lowest BCUT2D eigenvalue weighted by molar-refractivity contribution is -0.120. The second-order valence-electron chi connectivity index (χ2n) is 2.75. The molecule has 4 heteroatoms. The highest BCUT2D eigenvalue weighted by Gasteiger charge is 2.15. The Kier molecular flexibility index (Phi) is 4.77. The van der Waals surface area contributed by atoms with Crippen molar-refractivity contribution in [1.29, 1.82) is 0 Å². The van der Waals surface area contributed by atoms with Gasteiger partial charge >= 0.3 is 0 Å². The number of benzene rings is 1. The van der Waals surface area contributed by atoms with Gasteiger partial charge < -0.3 is 5.32 Å². The predicted molar refractivity (Wildman–Crippen MR) is 58.8 cm³/mol. The van der Waals surface area contributed by atoms with Gasteiger partial charge in [-0.1, -0.05) is 30.3 Å². The van der Waals surface area contributed by atoms with Crippen LogP contribution in [0.2, 0.25) is 0 Å². The van der Waals surface area contributed by atoms with E-state index in [9.17, 15) is 4.79 Å². The molecule has 0 saturated carbocycles. The number of carbonyl (C=O) groups is 1. The van der Waals surface area contributed by atoms with Crippen LogP contribution in [0.5, 0.6) is 0 Å². The maximum Gasteiger partial charge on any atom is 0.242 e. The third kappa shape index (κ3) is 3.20. The van der Waals surface area contributed by atoms with E-state index in [1.54, 1.807) is 0 Å². The highest BCUT2D eigenvalue weighted by Crippen LogP contribution is 2.19. The van der Waals surface area contributed by atoms with Crippen molar-refractivity contribution >= 4 is 29.1 Å². The first-order valence-electron chi connectivity index (χ1n) is 4.28. The van der Waals surface area contributed by atoms with Gasteiger partial charge in [0.15, 0.2) is 0 Å². The monoisotopic (exact) mass is 231 g/mol. The molecule has 0 fully saturated rings. The third-order valence-electron chi connectivity index (χ3n) is 1.72. The number of hydrogen-bond donors (Lipinski definition) is 1. The van der Waals surface area contributed by atoms with Crippen molar-refractivity contribution in [2.45, 2.75) is 5.38 Å². The second-order valence-corrected chi connectivity index (χ2v) is 3.57. The van der Waals surface area contributed by atoms with E-state index in [1.165, 1.54) is 0 Å². The summed E-state index contributed by atoms with van der Waals surface area (Å²) >= 11 is 11.4. The molecule has 0 aromatic heterocycles. The Balaban J connectivity index is 2.57. The first-order chi connectivity index (χ1) is 6.75. The van der Waals surface area contributed by atoms with Crippen LogP contribution in [0.1, 0.15) is 10.9 Å². The van der Waals surface area contributed by atoms with Gasteiger partial charge in [0.25, 0.3) is 0 Å². The molecule has 1 amide bonds. The van der Waals surface area contributed by atoms with E-state index in [1.807, 2.05) is 30.3 Å². The van der Waals surface area contributed by atoms with E-state index < -0.39 is 5.38 Å². The van der Waals surface area contributed by atoms with E-state index in [4.69, 9.17) is 23.2 Å². The fourth-order valence-electron chi connectivity index (χ4n) is 1.03. The molecule has 0 aliphatic heterocycles. The fraction of sp³-hybridized carbons (Fsp3) is 0.300. The summed E-state index contributed by atoms with van der Waals surface area (Å²) in [6.45, 7) is 0.441. The van der Waals surface area contributed by atoms with Crippen LogP contribution in [-0.2, 0) is 4.79 Å². The summed E-state index contributed by atoms with van der Waals surface area (Å²) in [6.07, 6.45) is 0. The number of halogens is 2. The minimum atomic E-state index is -0.639. The molecule has 1 rings (SSSR count). The summed E-state index contributed by atoms with van der Waals surface area (Å²) in [4.78, 5) is 11.4. The normalized spacial score (nSPS) is 12.1. The number of nitrogens with one attached hydrogen (secondary N) is 1. The third-order valence-corrected chi connectivity index (χ3v) is 2.36. The van der Waals surface area contributed by atoms with Gasteiger partial charge in [0.1, 0.15) is 5.38 Å². The van der Waals surface area contributed by atoms with Gasteiger partial charge in [0.05, 0.1) is 0 Å². The average molecular weight is 232 g/mol. The number of amides is 1. The van der Waals surface area contributed by atoms with Crippen molar-refractivity contribution in [2.24, 2.45) is 0 Å². The second kappa shape index (κ2) is 5.89. The quantitative estimate of drug-likeness (QED) is 0.793. The maximum atomic E-state index is 11.4.